The number of ether oxygens (including phenoxy) is 1. The molecule has 0 saturated heterocycles. The summed E-state index contributed by atoms with van der Waals surface area (Å²) in [6, 6.07) is 0. The lowest BCUT2D eigenvalue weighted by Gasteiger charge is -2.11. The summed E-state index contributed by atoms with van der Waals surface area (Å²) in [6.45, 7) is 5.59. The van der Waals surface area contributed by atoms with E-state index in [1.807, 2.05) is 0 Å². The van der Waals surface area contributed by atoms with E-state index >= 15 is 0 Å². The van der Waals surface area contributed by atoms with Crippen LogP contribution in [0.3, 0.4) is 0 Å². The molecule has 5 heteroatoms. The van der Waals surface area contributed by atoms with Gasteiger partial charge in [-0.05, 0) is 19.6 Å². The van der Waals surface area contributed by atoms with Gasteiger partial charge in [0.1, 0.15) is 0 Å². The minimum Gasteiger partial charge on any atom is -0.465 e. The van der Waals surface area contributed by atoms with E-state index in [1.165, 1.54) is 18.7 Å². The molecule has 0 N–H and O–H groups in total. The fourth-order valence-electron chi connectivity index (χ4n) is 0.939. The van der Waals surface area contributed by atoms with Gasteiger partial charge in [-0.2, -0.15) is 11.8 Å². The average Bonchev–Trinajstić information content (AvgIpc) is 2.17. The molecular formula is C10H18O3S2. The second kappa shape index (κ2) is 9.09. The molecule has 0 fully saturated rings. The second-order valence-corrected chi connectivity index (χ2v) is 5.42. The molecule has 0 saturated carbocycles. The molecule has 1 unspecified atom stereocenters. The number of thioether (sulfide) groups is 2. The molecule has 0 aromatic carbocycles. The van der Waals surface area contributed by atoms with Crippen molar-refractivity contribution in [2.75, 3.05) is 23.9 Å². The molecular weight excluding hydrogens is 232 g/mol. The first kappa shape index (κ1) is 14.8. The maximum Gasteiger partial charge on any atom is 0.326 e. The highest BCUT2D eigenvalue weighted by molar-refractivity contribution is 8.04. The first-order valence-electron chi connectivity index (χ1n) is 4.99. The molecule has 0 spiro atoms. The number of hydrogen-bond donors (Lipinski definition) is 0. The van der Waals surface area contributed by atoms with Gasteiger partial charge in [0.15, 0.2) is 11.0 Å². The predicted octanol–water partition coefficient (Wildman–Crippen LogP) is 1.99. The van der Waals surface area contributed by atoms with E-state index in [4.69, 9.17) is 4.74 Å². The van der Waals surface area contributed by atoms with Gasteiger partial charge in [-0.25, -0.2) is 0 Å². The van der Waals surface area contributed by atoms with Crippen molar-refractivity contribution in [3.8, 4) is 0 Å². The number of hydrogen-bond acceptors (Lipinski definition) is 5. The third-order valence-corrected chi connectivity index (χ3v) is 4.04. The Bertz CT molecular complexity index is 207. The largest absolute Gasteiger partial charge is 0.465 e. The summed E-state index contributed by atoms with van der Waals surface area (Å²) in [5.74, 6) is 2.30. The number of ketones is 1. The molecule has 0 heterocycles. The van der Waals surface area contributed by atoms with Gasteiger partial charge in [0.05, 0.1) is 6.61 Å². The zero-order valence-electron chi connectivity index (χ0n) is 9.45. The number of Topliss-reactive ketones (excluding diaryl/α,β-unsaturated/α-hetero) is 1. The molecule has 1 atom stereocenters. The van der Waals surface area contributed by atoms with Crippen LogP contribution in [0.1, 0.15) is 20.8 Å². The molecule has 0 aliphatic rings. The van der Waals surface area contributed by atoms with Crippen LogP contribution in [0.4, 0.5) is 0 Å². The van der Waals surface area contributed by atoms with Crippen molar-refractivity contribution in [3.05, 3.63) is 0 Å². The van der Waals surface area contributed by atoms with Crippen molar-refractivity contribution in [3.63, 3.8) is 0 Å². The van der Waals surface area contributed by atoms with Gasteiger partial charge in [0.2, 0.25) is 0 Å². The molecule has 3 nitrogen and oxygen atoms in total. The third-order valence-electron chi connectivity index (χ3n) is 1.59. The van der Waals surface area contributed by atoms with E-state index in [9.17, 15) is 9.59 Å². The molecule has 0 aromatic heterocycles. The molecule has 0 aliphatic heterocycles. The maximum absolute atomic E-state index is 11.4. The Hall–Kier alpha value is -0.160. The summed E-state index contributed by atoms with van der Waals surface area (Å²) >= 11 is 3.18. The van der Waals surface area contributed by atoms with Gasteiger partial charge >= 0.3 is 5.97 Å². The van der Waals surface area contributed by atoms with Gasteiger partial charge in [0, 0.05) is 11.5 Å². The Morgan fingerprint density at radius 1 is 1.27 bits per heavy atom. The van der Waals surface area contributed by atoms with Crippen molar-refractivity contribution in [2.45, 2.75) is 26.0 Å². The van der Waals surface area contributed by atoms with E-state index in [1.54, 1.807) is 18.7 Å². The Morgan fingerprint density at radius 3 is 2.40 bits per heavy atom. The minimum absolute atomic E-state index is 0.125. The lowest BCUT2D eigenvalue weighted by Crippen LogP contribution is -2.27. The van der Waals surface area contributed by atoms with Gasteiger partial charge < -0.3 is 4.74 Å². The fourth-order valence-corrected chi connectivity index (χ4v) is 2.76. The SMILES string of the molecule is CCOC(=O)C(SCCSCC)C(C)=O. The third kappa shape index (κ3) is 6.84. The molecule has 0 aliphatic carbocycles. The number of esters is 1. The fraction of sp³-hybridized carbons (Fsp3) is 0.800. The van der Waals surface area contributed by atoms with Crippen LogP contribution in [0.2, 0.25) is 0 Å². The van der Waals surface area contributed by atoms with E-state index in [0.29, 0.717) is 6.61 Å². The summed E-state index contributed by atoms with van der Waals surface area (Å²) in [4.78, 5) is 22.6. The Balaban J connectivity index is 3.94. The lowest BCUT2D eigenvalue weighted by atomic mass is 10.3. The highest BCUT2D eigenvalue weighted by atomic mass is 32.2. The molecule has 88 valence electrons. The lowest BCUT2D eigenvalue weighted by molar-refractivity contribution is -0.144. The Morgan fingerprint density at radius 2 is 1.93 bits per heavy atom. The minimum atomic E-state index is -0.637. The summed E-state index contributed by atoms with van der Waals surface area (Å²) in [6.07, 6.45) is 0. The second-order valence-electron chi connectivity index (χ2n) is 2.81. The first-order chi connectivity index (χ1) is 7.13. The molecule has 0 radical (unpaired) electrons. The zero-order valence-corrected chi connectivity index (χ0v) is 11.1. The zero-order chi connectivity index (χ0) is 11.7. The molecule has 15 heavy (non-hydrogen) atoms. The summed E-state index contributed by atoms with van der Waals surface area (Å²) in [5.41, 5.74) is 0. The number of carbonyl (C=O) groups is 2. The van der Waals surface area contributed by atoms with Crippen LogP contribution in [0.5, 0.6) is 0 Å². The Kier molecular flexibility index (Phi) is 9.00. The molecule has 0 bridgehead atoms. The maximum atomic E-state index is 11.4. The van der Waals surface area contributed by atoms with Crippen LogP contribution in [-0.2, 0) is 14.3 Å². The number of rotatable bonds is 8. The van der Waals surface area contributed by atoms with Crippen LogP contribution in [0.25, 0.3) is 0 Å². The summed E-state index contributed by atoms with van der Waals surface area (Å²) in [7, 11) is 0. The average molecular weight is 250 g/mol. The van der Waals surface area contributed by atoms with Gasteiger partial charge in [0.25, 0.3) is 0 Å². The molecule has 0 aromatic rings. The summed E-state index contributed by atoms with van der Waals surface area (Å²) in [5, 5.41) is -0.637. The van der Waals surface area contributed by atoms with Crippen molar-refractivity contribution < 1.29 is 14.3 Å². The molecule has 0 rings (SSSR count). The smallest absolute Gasteiger partial charge is 0.326 e. The van der Waals surface area contributed by atoms with Gasteiger partial charge in [-0.15, -0.1) is 11.8 Å². The van der Waals surface area contributed by atoms with Gasteiger partial charge in [-0.1, -0.05) is 6.92 Å². The van der Waals surface area contributed by atoms with E-state index in [-0.39, 0.29) is 5.78 Å². The van der Waals surface area contributed by atoms with E-state index in [2.05, 4.69) is 6.92 Å². The van der Waals surface area contributed by atoms with E-state index < -0.39 is 11.2 Å². The van der Waals surface area contributed by atoms with Crippen LogP contribution >= 0.6 is 23.5 Å². The topological polar surface area (TPSA) is 43.4 Å². The quantitative estimate of drug-likeness (QED) is 0.374. The van der Waals surface area contributed by atoms with Crippen LogP contribution in [0, 0.1) is 0 Å². The Labute approximate surface area is 99.7 Å². The normalized spacial score (nSPS) is 12.2. The van der Waals surface area contributed by atoms with Crippen molar-refractivity contribution in [1.82, 2.24) is 0 Å². The summed E-state index contributed by atoms with van der Waals surface area (Å²) < 4.78 is 4.83. The predicted molar refractivity (Wildman–Crippen MR) is 66.6 cm³/mol. The highest BCUT2D eigenvalue weighted by Crippen LogP contribution is 2.16. The standard InChI is InChI=1S/C10H18O3S2/c1-4-13-10(12)9(8(3)11)15-7-6-14-5-2/h9H,4-7H2,1-3H3. The molecule has 0 amide bonds. The van der Waals surface area contributed by atoms with Crippen LogP contribution < -0.4 is 0 Å². The van der Waals surface area contributed by atoms with Crippen molar-refractivity contribution in [2.24, 2.45) is 0 Å². The first-order valence-corrected chi connectivity index (χ1v) is 7.20. The van der Waals surface area contributed by atoms with E-state index in [0.717, 1.165) is 17.3 Å². The van der Waals surface area contributed by atoms with Crippen molar-refractivity contribution in [1.29, 1.82) is 0 Å². The number of carbonyl (C=O) groups excluding carboxylic acids is 2. The van der Waals surface area contributed by atoms with Crippen molar-refractivity contribution >= 4 is 35.3 Å². The van der Waals surface area contributed by atoms with Gasteiger partial charge in [-0.3, -0.25) is 9.59 Å². The van der Waals surface area contributed by atoms with Crippen LogP contribution in [0.15, 0.2) is 0 Å². The van der Waals surface area contributed by atoms with Crippen LogP contribution in [-0.4, -0.2) is 40.9 Å². The monoisotopic (exact) mass is 250 g/mol. The highest BCUT2D eigenvalue weighted by Gasteiger charge is 2.24.